The van der Waals surface area contributed by atoms with Gasteiger partial charge in [-0.2, -0.15) is 0 Å². The maximum absolute atomic E-state index is 12.3. The quantitative estimate of drug-likeness (QED) is 0.908. The van der Waals surface area contributed by atoms with Crippen LogP contribution in [-0.4, -0.2) is 39.5 Å². The summed E-state index contributed by atoms with van der Waals surface area (Å²) < 4.78 is 0. The van der Waals surface area contributed by atoms with Crippen molar-refractivity contribution in [2.45, 2.75) is 18.9 Å². The Bertz CT molecular complexity index is 550. The van der Waals surface area contributed by atoms with Gasteiger partial charge in [0.15, 0.2) is 0 Å². The second-order valence-electron chi connectivity index (χ2n) is 4.08. The summed E-state index contributed by atoms with van der Waals surface area (Å²) in [5, 5.41) is 9.17. The van der Waals surface area contributed by atoms with E-state index in [0.29, 0.717) is 19.4 Å². The van der Waals surface area contributed by atoms with E-state index in [2.05, 4.69) is 4.98 Å². The molecule has 1 aliphatic rings. The van der Waals surface area contributed by atoms with Gasteiger partial charge in [-0.15, -0.1) is 0 Å². The predicted octanol–water partition coefficient (Wildman–Crippen LogP) is 2.73. The molecule has 0 saturated carbocycles. The van der Waals surface area contributed by atoms with Crippen LogP contribution < -0.4 is 0 Å². The topological polar surface area (TPSA) is 70.5 Å². The van der Waals surface area contributed by atoms with Crippen LogP contribution >= 0.6 is 34.8 Å². The normalized spacial score (nSPS) is 18.7. The van der Waals surface area contributed by atoms with Crippen molar-refractivity contribution in [1.29, 1.82) is 0 Å². The van der Waals surface area contributed by atoms with E-state index in [-0.39, 0.29) is 20.8 Å². The standard InChI is InChI=1S/C11H9Cl3N2O3/c12-5-4-15-9(8(14)7(5)13)10(17)16-3-1-2-6(16)11(18)19/h4,6H,1-3H2,(H,18,19)/t6-/m0/s1. The second kappa shape index (κ2) is 5.53. The minimum absolute atomic E-state index is 0.0350. The first-order valence-electron chi connectivity index (χ1n) is 5.46. The number of carboxylic acids is 1. The molecule has 2 rings (SSSR count). The number of carboxylic acid groups (broad SMARTS) is 1. The van der Waals surface area contributed by atoms with Crippen LogP contribution in [0, 0.1) is 0 Å². The molecule has 8 heteroatoms. The number of carbonyl (C=O) groups excluding carboxylic acids is 1. The molecule has 2 heterocycles. The molecule has 1 atom stereocenters. The SMILES string of the molecule is O=C(O)[C@@H]1CCCN1C(=O)c1ncc(Cl)c(Cl)c1Cl. The monoisotopic (exact) mass is 322 g/mol. The van der Waals surface area contributed by atoms with Crippen molar-refractivity contribution >= 4 is 46.7 Å². The number of aromatic nitrogens is 1. The molecule has 0 bridgehead atoms. The average molecular weight is 324 g/mol. The summed E-state index contributed by atoms with van der Waals surface area (Å²) in [6.07, 6.45) is 2.26. The van der Waals surface area contributed by atoms with Gasteiger partial charge in [0.1, 0.15) is 11.7 Å². The zero-order valence-electron chi connectivity index (χ0n) is 9.57. The maximum Gasteiger partial charge on any atom is 0.326 e. The molecule has 0 unspecified atom stereocenters. The van der Waals surface area contributed by atoms with E-state index in [1.165, 1.54) is 11.1 Å². The lowest BCUT2D eigenvalue weighted by Gasteiger charge is -2.21. The third kappa shape index (κ3) is 2.63. The Balaban J connectivity index is 2.35. The van der Waals surface area contributed by atoms with Crippen molar-refractivity contribution in [2.24, 2.45) is 0 Å². The molecule has 19 heavy (non-hydrogen) atoms. The van der Waals surface area contributed by atoms with Gasteiger partial charge in [0.2, 0.25) is 0 Å². The number of likely N-dealkylation sites (tertiary alicyclic amines) is 1. The Morgan fingerprint density at radius 2 is 2.00 bits per heavy atom. The summed E-state index contributed by atoms with van der Waals surface area (Å²) in [5.41, 5.74) is -0.0794. The van der Waals surface area contributed by atoms with Crippen LogP contribution in [0.3, 0.4) is 0 Å². The van der Waals surface area contributed by atoms with Crippen molar-refractivity contribution in [3.8, 4) is 0 Å². The van der Waals surface area contributed by atoms with Gasteiger partial charge in [-0.3, -0.25) is 4.79 Å². The molecule has 1 aromatic rings. The molecule has 1 N–H and O–H groups in total. The molecule has 0 aromatic carbocycles. The summed E-state index contributed by atoms with van der Waals surface area (Å²) in [5.74, 6) is -1.59. The zero-order chi connectivity index (χ0) is 14.2. The Hall–Kier alpha value is -1.04. The van der Waals surface area contributed by atoms with Crippen LogP contribution in [0.5, 0.6) is 0 Å². The van der Waals surface area contributed by atoms with E-state index < -0.39 is 17.9 Å². The van der Waals surface area contributed by atoms with E-state index in [1.807, 2.05) is 0 Å². The fourth-order valence-electron chi connectivity index (χ4n) is 2.00. The van der Waals surface area contributed by atoms with Crippen LogP contribution in [0.15, 0.2) is 6.20 Å². The number of pyridine rings is 1. The number of halogens is 3. The van der Waals surface area contributed by atoms with Crippen molar-refractivity contribution in [3.63, 3.8) is 0 Å². The molecule has 102 valence electrons. The predicted molar refractivity (Wildman–Crippen MR) is 71.0 cm³/mol. The molecule has 1 aromatic heterocycles. The number of hydrogen-bond acceptors (Lipinski definition) is 3. The molecular formula is C11H9Cl3N2O3. The van der Waals surface area contributed by atoms with Gasteiger partial charge in [0.25, 0.3) is 5.91 Å². The van der Waals surface area contributed by atoms with Gasteiger partial charge < -0.3 is 10.0 Å². The first kappa shape index (κ1) is 14.4. The first-order valence-corrected chi connectivity index (χ1v) is 6.60. The minimum Gasteiger partial charge on any atom is -0.480 e. The number of hydrogen-bond donors (Lipinski definition) is 1. The summed E-state index contributed by atoms with van der Waals surface area (Å²) in [7, 11) is 0. The third-order valence-electron chi connectivity index (χ3n) is 2.92. The van der Waals surface area contributed by atoms with Gasteiger partial charge in [-0.1, -0.05) is 34.8 Å². The summed E-state index contributed by atoms with van der Waals surface area (Å²) >= 11 is 17.5. The third-order valence-corrected chi connectivity index (χ3v) is 4.16. The highest BCUT2D eigenvalue weighted by Crippen LogP contribution is 2.32. The van der Waals surface area contributed by atoms with E-state index in [1.54, 1.807) is 0 Å². The molecule has 1 amide bonds. The zero-order valence-corrected chi connectivity index (χ0v) is 11.8. The molecule has 0 radical (unpaired) electrons. The fraction of sp³-hybridized carbons (Fsp3) is 0.364. The number of nitrogens with zero attached hydrogens (tertiary/aromatic N) is 2. The summed E-state index contributed by atoms with van der Waals surface area (Å²) in [4.78, 5) is 28.4. The van der Waals surface area contributed by atoms with E-state index >= 15 is 0 Å². The number of aliphatic carboxylic acids is 1. The second-order valence-corrected chi connectivity index (χ2v) is 5.24. The van der Waals surface area contributed by atoms with E-state index in [0.717, 1.165) is 0 Å². The van der Waals surface area contributed by atoms with E-state index in [4.69, 9.17) is 39.9 Å². The van der Waals surface area contributed by atoms with Crippen LogP contribution in [0.4, 0.5) is 0 Å². The van der Waals surface area contributed by atoms with Crippen LogP contribution in [-0.2, 0) is 4.79 Å². The Morgan fingerprint density at radius 1 is 1.32 bits per heavy atom. The molecule has 1 fully saturated rings. The smallest absolute Gasteiger partial charge is 0.326 e. The highest BCUT2D eigenvalue weighted by molar-refractivity contribution is 6.48. The highest BCUT2D eigenvalue weighted by atomic mass is 35.5. The molecule has 0 aliphatic carbocycles. The Kier molecular flexibility index (Phi) is 4.18. The molecule has 1 saturated heterocycles. The van der Waals surface area contributed by atoms with Crippen LogP contribution in [0.1, 0.15) is 23.3 Å². The number of carbonyl (C=O) groups is 2. The van der Waals surface area contributed by atoms with Crippen LogP contribution in [0.25, 0.3) is 0 Å². The largest absolute Gasteiger partial charge is 0.480 e. The Morgan fingerprint density at radius 3 is 2.63 bits per heavy atom. The summed E-state index contributed by atoms with van der Waals surface area (Å²) in [6, 6.07) is -0.847. The van der Waals surface area contributed by atoms with Crippen molar-refractivity contribution < 1.29 is 14.7 Å². The van der Waals surface area contributed by atoms with E-state index in [9.17, 15) is 9.59 Å². The number of amides is 1. The summed E-state index contributed by atoms with van der Waals surface area (Å²) in [6.45, 7) is 0.355. The van der Waals surface area contributed by atoms with Crippen molar-refractivity contribution in [3.05, 3.63) is 27.0 Å². The molecule has 1 aliphatic heterocycles. The fourth-order valence-corrected chi connectivity index (χ4v) is 2.56. The van der Waals surface area contributed by atoms with Crippen molar-refractivity contribution in [2.75, 3.05) is 6.54 Å². The Labute approximate surface area is 124 Å². The van der Waals surface area contributed by atoms with Gasteiger partial charge in [-0.05, 0) is 12.8 Å². The van der Waals surface area contributed by atoms with Gasteiger partial charge in [-0.25, -0.2) is 9.78 Å². The molecule has 5 nitrogen and oxygen atoms in total. The lowest BCUT2D eigenvalue weighted by molar-refractivity contribution is -0.141. The molecule has 0 spiro atoms. The minimum atomic E-state index is -1.04. The maximum atomic E-state index is 12.3. The number of rotatable bonds is 2. The average Bonchev–Trinajstić information content (AvgIpc) is 2.84. The lowest BCUT2D eigenvalue weighted by Crippen LogP contribution is -2.40. The lowest BCUT2D eigenvalue weighted by atomic mass is 10.2. The van der Waals surface area contributed by atoms with Gasteiger partial charge >= 0.3 is 5.97 Å². The van der Waals surface area contributed by atoms with Crippen molar-refractivity contribution in [1.82, 2.24) is 9.88 Å². The van der Waals surface area contributed by atoms with Crippen LogP contribution in [0.2, 0.25) is 15.1 Å². The first-order chi connectivity index (χ1) is 8.93. The molecular weight excluding hydrogens is 314 g/mol. The van der Waals surface area contributed by atoms with Gasteiger partial charge in [0.05, 0.1) is 15.1 Å². The van der Waals surface area contributed by atoms with Gasteiger partial charge in [0, 0.05) is 12.7 Å². The highest BCUT2D eigenvalue weighted by Gasteiger charge is 2.36.